The van der Waals surface area contributed by atoms with Gasteiger partial charge in [-0.1, -0.05) is 55.2 Å². The minimum atomic E-state index is -1.84. The Morgan fingerprint density at radius 1 is 1.16 bits per heavy atom. The summed E-state index contributed by atoms with van der Waals surface area (Å²) < 4.78 is 6.81. The maximum atomic E-state index is 13.4. The van der Waals surface area contributed by atoms with Crippen molar-refractivity contribution in [1.82, 2.24) is 14.9 Å². The number of hydrogen-bond donors (Lipinski definition) is 2. The van der Waals surface area contributed by atoms with E-state index in [1.807, 2.05) is 49.5 Å². The predicted molar refractivity (Wildman–Crippen MR) is 144 cm³/mol. The van der Waals surface area contributed by atoms with Crippen LogP contribution in [0.25, 0.3) is 22.3 Å². The number of carbonyl (C=O) groups is 1. The van der Waals surface area contributed by atoms with Crippen LogP contribution in [0.15, 0.2) is 65.5 Å². The number of esters is 1. The molecule has 2 atom stereocenters. The molecule has 0 saturated heterocycles. The highest BCUT2D eigenvalue weighted by molar-refractivity contribution is 5.89. The molecule has 0 radical (unpaired) electrons. The molecule has 2 aliphatic rings. The van der Waals surface area contributed by atoms with Gasteiger partial charge in [0.25, 0.3) is 5.56 Å². The minimum Gasteiger partial charge on any atom is -0.458 e. The predicted octanol–water partition coefficient (Wildman–Crippen LogP) is 3.26. The van der Waals surface area contributed by atoms with Crippen LogP contribution in [0.1, 0.15) is 41.2 Å². The van der Waals surface area contributed by atoms with E-state index < -0.39 is 11.6 Å². The molecule has 0 saturated carbocycles. The molecule has 38 heavy (non-hydrogen) atoms. The summed E-state index contributed by atoms with van der Waals surface area (Å²) in [5, 5.41) is 15.3. The molecule has 2 aliphatic heterocycles. The van der Waals surface area contributed by atoms with Crippen LogP contribution in [-0.4, -0.2) is 33.7 Å². The Morgan fingerprint density at radius 2 is 1.97 bits per heavy atom. The highest BCUT2D eigenvalue weighted by Gasteiger charge is 2.45. The molecule has 2 aromatic heterocycles. The largest absolute Gasteiger partial charge is 0.458 e. The number of fused-ring (bicyclic) bond motifs is 5. The number of cyclic esters (lactones) is 1. The molecule has 7 nitrogen and oxygen atoms in total. The van der Waals surface area contributed by atoms with Gasteiger partial charge in [0.05, 0.1) is 35.1 Å². The van der Waals surface area contributed by atoms with Crippen LogP contribution in [0.4, 0.5) is 0 Å². The number of nitrogens with zero attached hydrogens (tertiary/aromatic N) is 2. The summed E-state index contributed by atoms with van der Waals surface area (Å²) in [6.07, 6.45) is 0.904. The van der Waals surface area contributed by atoms with E-state index in [4.69, 9.17) is 9.72 Å². The fourth-order valence-electron chi connectivity index (χ4n) is 5.35. The lowest BCUT2D eigenvalue weighted by Crippen LogP contribution is -2.44. The van der Waals surface area contributed by atoms with Crippen LogP contribution in [0.2, 0.25) is 0 Å². The second kappa shape index (κ2) is 9.25. The fraction of sp³-hybridized carbons (Fsp3) is 0.258. The third-order valence-corrected chi connectivity index (χ3v) is 7.56. The van der Waals surface area contributed by atoms with Gasteiger partial charge < -0.3 is 19.7 Å². The summed E-state index contributed by atoms with van der Waals surface area (Å²) in [5.74, 6) is 5.98. The van der Waals surface area contributed by atoms with E-state index in [1.54, 1.807) is 17.6 Å². The van der Waals surface area contributed by atoms with E-state index in [-0.39, 0.29) is 24.6 Å². The van der Waals surface area contributed by atoms with E-state index in [1.165, 1.54) is 5.56 Å². The monoisotopic (exact) mass is 505 g/mol. The van der Waals surface area contributed by atoms with Crippen molar-refractivity contribution >= 4 is 16.9 Å². The van der Waals surface area contributed by atoms with Crippen LogP contribution < -0.4 is 10.9 Å². The number of ether oxygens (including phenoxy) is 1. The number of rotatable bonds is 4. The Hall–Kier alpha value is -4.25. The maximum Gasteiger partial charge on any atom is 0.343 e. The van der Waals surface area contributed by atoms with Gasteiger partial charge in [0.1, 0.15) is 6.61 Å². The molecular weight excluding hydrogens is 478 g/mol. The maximum absolute atomic E-state index is 13.4. The number of aromatic nitrogens is 2. The Labute approximate surface area is 220 Å². The molecule has 4 aromatic rings. The van der Waals surface area contributed by atoms with Gasteiger partial charge in [-0.3, -0.25) is 4.79 Å². The lowest BCUT2D eigenvalue weighted by atomic mass is 9.86. The summed E-state index contributed by atoms with van der Waals surface area (Å²) in [5.41, 5.74) is 3.55. The summed E-state index contributed by atoms with van der Waals surface area (Å²) in [6, 6.07) is 19.9. The highest BCUT2D eigenvalue weighted by Crippen LogP contribution is 2.38. The fourth-order valence-corrected chi connectivity index (χ4v) is 5.35. The van der Waals surface area contributed by atoms with Crippen molar-refractivity contribution < 1.29 is 14.6 Å². The number of hydrogen-bond acceptors (Lipinski definition) is 6. The summed E-state index contributed by atoms with van der Waals surface area (Å²) in [7, 11) is 1.91. The Balaban J connectivity index is 1.41. The molecule has 7 heteroatoms. The Kier molecular flexibility index (Phi) is 5.87. The Morgan fingerprint density at radius 3 is 2.74 bits per heavy atom. The second-order valence-corrected chi connectivity index (χ2v) is 9.77. The number of aliphatic hydroxyl groups is 1. The minimum absolute atomic E-state index is 0.00793. The first-order chi connectivity index (χ1) is 18.4. The Bertz CT molecular complexity index is 1710. The molecule has 2 aromatic carbocycles. The van der Waals surface area contributed by atoms with Crippen molar-refractivity contribution in [3.63, 3.8) is 0 Å². The average molecular weight is 506 g/mol. The van der Waals surface area contributed by atoms with Gasteiger partial charge in [0.15, 0.2) is 5.60 Å². The van der Waals surface area contributed by atoms with Crippen molar-refractivity contribution in [3.8, 4) is 23.2 Å². The van der Waals surface area contributed by atoms with Crippen LogP contribution in [0.5, 0.6) is 0 Å². The third kappa shape index (κ3) is 3.81. The van der Waals surface area contributed by atoms with Gasteiger partial charge in [0, 0.05) is 22.1 Å². The second-order valence-electron chi connectivity index (χ2n) is 9.77. The van der Waals surface area contributed by atoms with Crippen LogP contribution in [0.3, 0.4) is 0 Å². The number of benzene rings is 2. The van der Waals surface area contributed by atoms with Gasteiger partial charge in [0.2, 0.25) is 0 Å². The molecule has 0 aliphatic carbocycles. The average Bonchev–Trinajstić information content (AvgIpc) is 3.30. The zero-order chi connectivity index (χ0) is 26.4. The van der Waals surface area contributed by atoms with Crippen molar-refractivity contribution in [3.05, 3.63) is 98.8 Å². The van der Waals surface area contributed by atoms with E-state index in [0.29, 0.717) is 29.1 Å². The number of nitrogens with one attached hydrogen (secondary N) is 1. The standard InChI is InChI=1S/C31H27N3O4/c1-3-31(37)25-16-27-28-21(17-34(27)29(35)24(25)18-38-30(31)36)15-23-20(10-7-11-26(23)33-28)12-13-22(32-2)14-19-8-5-4-6-9-19/h4-11,15-16,22,32,37H,3,14,17-18H2,1-2H3/t22?,31-/m0/s1. The van der Waals surface area contributed by atoms with Crippen molar-refractivity contribution in [1.29, 1.82) is 0 Å². The first-order valence-corrected chi connectivity index (χ1v) is 12.8. The molecular formula is C31H27N3O4. The van der Waals surface area contributed by atoms with Gasteiger partial charge >= 0.3 is 5.97 Å². The third-order valence-electron chi connectivity index (χ3n) is 7.56. The topological polar surface area (TPSA) is 93.5 Å². The summed E-state index contributed by atoms with van der Waals surface area (Å²) >= 11 is 0. The van der Waals surface area contributed by atoms with E-state index in [0.717, 1.165) is 28.5 Å². The summed E-state index contributed by atoms with van der Waals surface area (Å²) in [6.45, 7) is 1.91. The SMILES string of the molecule is CC[C@@]1(O)C(=O)OCc2c1cc1n(c2=O)Cc2cc3c(C#CC(Cc4ccccc4)NC)cccc3nc2-1. The van der Waals surface area contributed by atoms with Crippen molar-refractivity contribution in [2.45, 2.75) is 44.6 Å². The van der Waals surface area contributed by atoms with Crippen LogP contribution >= 0.6 is 0 Å². The first kappa shape index (κ1) is 24.1. The lowest BCUT2D eigenvalue weighted by Gasteiger charge is -2.31. The molecule has 190 valence electrons. The smallest absolute Gasteiger partial charge is 0.343 e. The first-order valence-electron chi connectivity index (χ1n) is 12.8. The zero-order valence-corrected chi connectivity index (χ0v) is 21.2. The van der Waals surface area contributed by atoms with Crippen LogP contribution in [0, 0.1) is 11.8 Å². The van der Waals surface area contributed by atoms with Crippen molar-refractivity contribution in [2.24, 2.45) is 0 Å². The van der Waals surface area contributed by atoms with Gasteiger partial charge in [-0.25, -0.2) is 9.78 Å². The number of likely N-dealkylation sites (N-methyl/N-ethyl adjacent to an activating group) is 1. The van der Waals surface area contributed by atoms with Gasteiger partial charge in [-0.2, -0.15) is 0 Å². The van der Waals surface area contributed by atoms with Gasteiger partial charge in [-0.05, 0) is 49.7 Å². The molecule has 2 N–H and O–H groups in total. The number of carbonyl (C=O) groups excluding carboxylic acids is 1. The van der Waals surface area contributed by atoms with Crippen LogP contribution in [-0.2, 0) is 34.7 Å². The zero-order valence-electron chi connectivity index (χ0n) is 21.2. The molecule has 6 rings (SSSR count). The number of pyridine rings is 2. The quantitative estimate of drug-likeness (QED) is 0.288. The molecule has 1 unspecified atom stereocenters. The highest BCUT2D eigenvalue weighted by atomic mass is 16.6. The van der Waals surface area contributed by atoms with E-state index in [9.17, 15) is 14.7 Å². The van der Waals surface area contributed by atoms with E-state index in [2.05, 4.69) is 29.3 Å². The lowest BCUT2D eigenvalue weighted by molar-refractivity contribution is -0.172. The van der Waals surface area contributed by atoms with Gasteiger partial charge in [-0.15, -0.1) is 0 Å². The van der Waals surface area contributed by atoms with Crippen molar-refractivity contribution in [2.75, 3.05) is 7.05 Å². The summed E-state index contributed by atoms with van der Waals surface area (Å²) in [4.78, 5) is 30.7. The molecule has 0 spiro atoms. The van der Waals surface area contributed by atoms with E-state index >= 15 is 0 Å². The molecule has 0 bridgehead atoms. The molecule has 0 amide bonds. The molecule has 4 heterocycles. The normalized spacial score (nSPS) is 18.1. The molecule has 0 fully saturated rings.